The summed E-state index contributed by atoms with van der Waals surface area (Å²) < 4.78 is 26.4. The van der Waals surface area contributed by atoms with E-state index in [1.54, 1.807) is 6.92 Å². The summed E-state index contributed by atoms with van der Waals surface area (Å²) in [6.07, 6.45) is 1.45. The Labute approximate surface area is 81.3 Å². The fourth-order valence-corrected chi connectivity index (χ4v) is 1.13. The van der Waals surface area contributed by atoms with Gasteiger partial charge in [-0.25, -0.2) is 8.78 Å². The summed E-state index contributed by atoms with van der Waals surface area (Å²) in [5.41, 5.74) is 0.388. The van der Waals surface area contributed by atoms with E-state index >= 15 is 0 Å². The lowest BCUT2D eigenvalue weighted by atomic mass is 10.0. The molecule has 14 heavy (non-hydrogen) atoms. The summed E-state index contributed by atoms with van der Waals surface area (Å²) in [6.45, 7) is 3.08. The molecule has 0 saturated heterocycles. The minimum atomic E-state index is -0.571. The molecule has 0 heterocycles. The molecule has 0 amide bonds. The molecule has 0 bridgehead atoms. The number of aryl methyl sites for hydroxylation is 1. The van der Waals surface area contributed by atoms with E-state index in [2.05, 4.69) is 0 Å². The predicted molar refractivity (Wildman–Crippen MR) is 50.4 cm³/mol. The number of hydrogen-bond acceptors (Lipinski definition) is 1. The molecule has 0 aliphatic heterocycles. The molecule has 72 valence electrons. The van der Waals surface area contributed by atoms with Crippen molar-refractivity contribution in [3.05, 3.63) is 41.0 Å². The van der Waals surface area contributed by atoms with Gasteiger partial charge < -0.3 is 0 Å². The lowest BCUT2D eigenvalue weighted by Gasteiger charge is -2.03. The molecule has 0 atom stereocenters. The molecule has 0 aromatic heterocycles. The van der Waals surface area contributed by atoms with Crippen LogP contribution in [0.1, 0.15) is 18.1 Å². The molecule has 1 rings (SSSR count). The second-order valence-corrected chi connectivity index (χ2v) is 2.90. The van der Waals surface area contributed by atoms with Crippen molar-refractivity contribution in [3.8, 4) is 6.07 Å². The average Bonchev–Trinajstić information content (AvgIpc) is 2.15. The Morgan fingerprint density at radius 3 is 2.50 bits per heavy atom. The van der Waals surface area contributed by atoms with Crippen molar-refractivity contribution in [2.24, 2.45) is 0 Å². The van der Waals surface area contributed by atoms with Gasteiger partial charge in [-0.3, -0.25) is 0 Å². The van der Waals surface area contributed by atoms with Crippen molar-refractivity contribution in [2.45, 2.75) is 13.8 Å². The zero-order valence-electron chi connectivity index (χ0n) is 7.94. The minimum absolute atomic E-state index is 0.0121. The molecule has 0 fully saturated rings. The van der Waals surface area contributed by atoms with Gasteiger partial charge in [0.2, 0.25) is 0 Å². The maximum atomic E-state index is 13.3. The van der Waals surface area contributed by atoms with Crippen LogP contribution in [0.15, 0.2) is 18.2 Å². The molecule has 0 aliphatic carbocycles. The molecular formula is C11H9F2N. The largest absolute Gasteiger partial charge is 0.207 e. The van der Waals surface area contributed by atoms with E-state index < -0.39 is 11.6 Å². The first-order valence-corrected chi connectivity index (χ1v) is 4.12. The first-order chi connectivity index (χ1) is 6.60. The molecule has 1 aromatic rings. The Hall–Kier alpha value is -1.69. The van der Waals surface area contributed by atoms with Crippen LogP contribution in [0.5, 0.6) is 0 Å². The fraction of sp³-hybridized carbons (Fsp3) is 0.182. The van der Waals surface area contributed by atoms with E-state index in [9.17, 15) is 8.78 Å². The highest BCUT2D eigenvalue weighted by molar-refractivity contribution is 5.76. The van der Waals surface area contributed by atoms with E-state index in [1.807, 2.05) is 6.07 Å². The van der Waals surface area contributed by atoms with Crippen LogP contribution in [0.25, 0.3) is 5.57 Å². The van der Waals surface area contributed by atoms with Crippen molar-refractivity contribution < 1.29 is 8.78 Å². The van der Waals surface area contributed by atoms with Crippen LogP contribution in [0.2, 0.25) is 0 Å². The van der Waals surface area contributed by atoms with Crippen LogP contribution in [-0.2, 0) is 0 Å². The standard InChI is InChI=1S/C11H9F2N/c1-3-8(6-14)9-5-10(12)7(2)4-11(9)13/h3-5H,1-2H3/b8-3+. The first kappa shape index (κ1) is 10.4. The third-order valence-electron chi connectivity index (χ3n) is 1.95. The predicted octanol–water partition coefficient (Wildman–Crippen LogP) is 3.20. The van der Waals surface area contributed by atoms with Gasteiger partial charge in [0.1, 0.15) is 11.6 Å². The number of halogens is 2. The molecular weight excluding hydrogens is 184 g/mol. The normalized spacial score (nSPS) is 11.2. The van der Waals surface area contributed by atoms with Gasteiger partial charge in [0.25, 0.3) is 0 Å². The third-order valence-corrected chi connectivity index (χ3v) is 1.95. The molecule has 0 N–H and O–H groups in total. The number of nitriles is 1. The highest BCUT2D eigenvalue weighted by Crippen LogP contribution is 2.20. The number of hydrogen-bond donors (Lipinski definition) is 0. The Bertz CT molecular complexity index is 428. The fourth-order valence-electron chi connectivity index (χ4n) is 1.13. The molecule has 0 radical (unpaired) electrons. The van der Waals surface area contributed by atoms with Crippen molar-refractivity contribution in [1.29, 1.82) is 5.26 Å². The number of allylic oxidation sites excluding steroid dienone is 2. The maximum absolute atomic E-state index is 13.3. The van der Waals surface area contributed by atoms with Crippen molar-refractivity contribution in [3.63, 3.8) is 0 Å². The average molecular weight is 193 g/mol. The van der Waals surface area contributed by atoms with Gasteiger partial charge in [0.05, 0.1) is 11.6 Å². The minimum Gasteiger partial charge on any atom is -0.207 e. The van der Waals surface area contributed by atoms with E-state index in [4.69, 9.17) is 5.26 Å². The number of nitrogens with zero attached hydrogens (tertiary/aromatic N) is 1. The SMILES string of the molecule is C/C=C(\C#N)c1cc(F)c(C)cc1F. The summed E-state index contributed by atoms with van der Waals surface area (Å²) in [7, 11) is 0. The van der Waals surface area contributed by atoms with Gasteiger partial charge in [-0.1, -0.05) is 6.08 Å². The lowest BCUT2D eigenvalue weighted by molar-refractivity contribution is 0.590. The Morgan fingerprint density at radius 1 is 1.36 bits per heavy atom. The van der Waals surface area contributed by atoms with E-state index in [1.165, 1.54) is 13.0 Å². The van der Waals surface area contributed by atoms with Crippen LogP contribution in [0.4, 0.5) is 8.78 Å². The van der Waals surface area contributed by atoms with Crippen LogP contribution < -0.4 is 0 Å². The number of benzene rings is 1. The van der Waals surface area contributed by atoms with E-state index in [0.717, 1.165) is 12.1 Å². The molecule has 0 unspecified atom stereocenters. The van der Waals surface area contributed by atoms with Gasteiger partial charge in [0, 0.05) is 5.56 Å². The number of rotatable bonds is 1. The third kappa shape index (κ3) is 1.80. The second-order valence-electron chi connectivity index (χ2n) is 2.90. The van der Waals surface area contributed by atoms with Crippen molar-refractivity contribution >= 4 is 5.57 Å². The molecule has 0 aliphatic rings. The lowest BCUT2D eigenvalue weighted by Crippen LogP contribution is -1.93. The van der Waals surface area contributed by atoms with Crippen LogP contribution in [0.3, 0.4) is 0 Å². The molecule has 1 nitrogen and oxygen atoms in total. The van der Waals surface area contributed by atoms with Gasteiger partial charge in [-0.2, -0.15) is 5.26 Å². The summed E-state index contributed by atoms with van der Waals surface area (Å²) >= 11 is 0. The van der Waals surface area contributed by atoms with Crippen LogP contribution in [0, 0.1) is 29.9 Å². The quantitative estimate of drug-likeness (QED) is 0.628. The topological polar surface area (TPSA) is 23.8 Å². The molecule has 0 saturated carbocycles. The molecule has 3 heteroatoms. The second kappa shape index (κ2) is 4.01. The highest BCUT2D eigenvalue weighted by Gasteiger charge is 2.10. The summed E-state index contributed by atoms with van der Waals surface area (Å²) in [6, 6.07) is 3.94. The van der Waals surface area contributed by atoms with E-state index in [0.29, 0.717) is 0 Å². The Kier molecular flexibility index (Phi) is 2.98. The molecule has 1 aromatic carbocycles. The monoisotopic (exact) mass is 193 g/mol. The van der Waals surface area contributed by atoms with Crippen LogP contribution >= 0.6 is 0 Å². The Balaban J connectivity index is 3.38. The Morgan fingerprint density at radius 2 is 2.00 bits per heavy atom. The summed E-state index contributed by atoms with van der Waals surface area (Å²) in [5, 5.41) is 8.66. The maximum Gasteiger partial charge on any atom is 0.132 e. The van der Waals surface area contributed by atoms with Gasteiger partial charge >= 0.3 is 0 Å². The first-order valence-electron chi connectivity index (χ1n) is 4.12. The smallest absolute Gasteiger partial charge is 0.132 e. The zero-order valence-corrected chi connectivity index (χ0v) is 7.94. The highest BCUT2D eigenvalue weighted by atomic mass is 19.1. The van der Waals surface area contributed by atoms with E-state index in [-0.39, 0.29) is 16.7 Å². The van der Waals surface area contributed by atoms with Crippen molar-refractivity contribution in [2.75, 3.05) is 0 Å². The zero-order chi connectivity index (χ0) is 10.7. The summed E-state index contributed by atoms with van der Waals surface area (Å²) in [5.74, 6) is -1.07. The van der Waals surface area contributed by atoms with Gasteiger partial charge in [-0.15, -0.1) is 0 Å². The molecule has 0 spiro atoms. The summed E-state index contributed by atoms with van der Waals surface area (Å²) in [4.78, 5) is 0. The van der Waals surface area contributed by atoms with Crippen molar-refractivity contribution in [1.82, 2.24) is 0 Å². The van der Waals surface area contributed by atoms with Crippen LogP contribution in [-0.4, -0.2) is 0 Å². The van der Waals surface area contributed by atoms with Gasteiger partial charge in [-0.05, 0) is 31.5 Å². The van der Waals surface area contributed by atoms with Gasteiger partial charge in [0.15, 0.2) is 0 Å².